The predicted molar refractivity (Wildman–Crippen MR) is 79.3 cm³/mol. The normalized spacial score (nSPS) is 14.0. The van der Waals surface area contributed by atoms with Crippen LogP contribution in [0.25, 0.3) is 0 Å². The van der Waals surface area contributed by atoms with Gasteiger partial charge in [0, 0.05) is 13.2 Å². The Kier molecular flexibility index (Phi) is 4.04. The van der Waals surface area contributed by atoms with Crippen LogP contribution in [0.1, 0.15) is 20.3 Å². The second-order valence-electron chi connectivity index (χ2n) is 5.46. The molecule has 114 valence electrons. The first-order valence-electron chi connectivity index (χ1n) is 6.52. The molecule has 0 aliphatic carbocycles. The molecule has 1 heterocycles. The summed E-state index contributed by atoms with van der Waals surface area (Å²) >= 11 is 0. The Morgan fingerprint density at radius 2 is 2.24 bits per heavy atom. The second kappa shape index (κ2) is 5.61. The number of ether oxygens (including phenoxy) is 2. The number of nitrogens with two attached hydrogens (primary N) is 1. The molecule has 2 rings (SSSR count). The molecule has 0 fully saturated rings. The molecule has 0 radical (unpaired) electrons. The molecule has 0 saturated heterocycles. The van der Waals surface area contributed by atoms with Crippen molar-refractivity contribution in [2.45, 2.75) is 25.9 Å². The van der Waals surface area contributed by atoms with E-state index in [4.69, 9.17) is 15.2 Å². The van der Waals surface area contributed by atoms with E-state index in [1.165, 1.54) is 0 Å². The van der Waals surface area contributed by atoms with Crippen molar-refractivity contribution in [3.8, 4) is 5.75 Å². The highest BCUT2D eigenvalue weighted by Crippen LogP contribution is 2.35. The predicted octanol–water partition coefficient (Wildman–Crippen LogP) is 1.35. The van der Waals surface area contributed by atoms with Gasteiger partial charge in [0.2, 0.25) is 5.91 Å². The molecule has 1 aliphatic rings. The van der Waals surface area contributed by atoms with E-state index >= 15 is 0 Å². The van der Waals surface area contributed by atoms with Gasteiger partial charge in [0.15, 0.2) is 6.61 Å². The zero-order valence-electron chi connectivity index (χ0n) is 12.3. The molecule has 1 aromatic rings. The van der Waals surface area contributed by atoms with Crippen LogP contribution in [0.3, 0.4) is 0 Å². The van der Waals surface area contributed by atoms with Crippen LogP contribution >= 0.6 is 0 Å². The molecule has 2 amide bonds. The van der Waals surface area contributed by atoms with Crippen molar-refractivity contribution in [1.82, 2.24) is 0 Å². The molecule has 1 aliphatic heterocycles. The summed E-state index contributed by atoms with van der Waals surface area (Å²) in [5.41, 5.74) is 6.60. The van der Waals surface area contributed by atoms with Gasteiger partial charge in [-0.2, -0.15) is 0 Å². The van der Waals surface area contributed by atoms with E-state index in [1.807, 2.05) is 13.8 Å². The number of fused-ring (bicyclic) bond motifs is 1. The molecule has 0 unspecified atom stereocenters. The maximum Gasteiger partial charge on any atom is 0.262 e. The third-order valence-corrected chi connectivity index (χ3v) is 3.20. The van der Waals surface area contributed by atoms with Crippen LogP contribution < -0.4 is 21.1 Å². The first-order valence-corrected chi connectivity index (χ1v) is 6.52. The minimum atomic E-state index is -0.565. The summed E-state index contributed by atoms with van der Waals surface area (Å²) in [6, 6.07) is 3.16. The Labute approximate surface area is 122 Å². The van der Waals surface area contributed by atoms with Crippen molar-refractivity contribution >= 4 is 28.9 Å². The lowest BCUT2D eigenvalue weighted by Crippen LogP contribution is -2.30. The Hall–Kier alpha value is -2.28. The summed E-state index contributed by atoms with van der Waals surface area (Å²) in [4.78, 5) is 23.3. The lowest BCUT2D eigenvalue weighted by atomic mass is 10.0. The average molecular weight is 293 g/mol. The van der Waals surface area contributed by atoms with Crippen molar-refractivity contribution in [3.05, 3.63) is 12.1 Å². The first-order chi connectivity index (χ1) is 9.80. The van der Waals surface area contributed by atoms with Crippen LogP contribution in [0.5, 0.6) is 5.75 Å². The highest BCUT2D eigenvalue weighted by atomic mass is 16.5. The van der Waals surface area contributed by atoms with Crippen molar-refractivity contribution in [3.63, 3.8) is 0 Å². The number of rotatable bonds is 4. The van der Waals surface area contributed by atoms with Gasteiger partial charge in [-0.3, -0.25) is 9.59 Å². The Balaban J connectivity index is 2.15. The number of benzene rings is 1. The maximum atomic E-state index is 12.0. The van der Waals surface area contributed by atoms with Gasteiger partial charge >= 0.3 is 0 Å². The molecule has 0 spiro atoms. The molecule has 0 atom stereocenters. The van der Waals surface area contributed by atoms with E-state index in [9.17, 15) is 9.59 Å². The maximum absolute atomic E-state index is 12.0. The van der Waals surface area contributed by atoms with Gasteiger partial charge in [0.1, 0.15) is 5.75 Å². The lowest BCUT2D eigenvalue weighted by Gasteiger charge is -2.23. The number of anilines is 3. The van der Waals surface area contributed by atoms with E-state index in [0.717, 1.165) is 0 Å². The molecule has 7 nitrogen and oxygen atoms in total. The Morgan fingerprint density at radius 1 is 1.52 bits per heavy atom. The number of hydrogen-bond acceptors (Lipinski definition) is 5. The van der Waals surface area contributed by atoms with Crippen molar-refractivity contribution < 1.29 is 19.1 Å². The van der Waals surface area contributed by atoms with E-state index in [1.54, 1.807) is 19.2 Å². The Bertz CT molecular complexity index is 584. The van der Waals surface area contributed by atoms with Gasteiger partial charge in [-0.25, -0.2) is 0 Å². The molecule has 0 aromatic heterocycles. The molecular formula is C14H19N3O4. The van der Waals surface area contributed by atoms with Crippen LogP contribution in [0.15, 0.2) is 12.1 Å². The number of amides is 2. The number of carbonyl (C=O) groups is 2. The summed E-state index contributed by atoms with van der Waals surface area (Å²) in [5, 5.41) is 5.38. The minimum absolute atomic E-state index is 0.0415. The summed E-state index contributed by atoms with van der Waals surface area (Å²) in [6.07, 6.45) is 0.183. The zero-order valence-corrected chi connectivity index (χ0v) is 12.3. The molecule has 0 bridgehead atoms. The third-order valence-electron chi connectivity index (χ3n) is 3.20. The number of carbonyl (C=O) groups excluding carboxylic acids is 2. The van der Waals surface area contributed by atoms with Gasteiger partial charge in [0.05, 0.1) is 29.1 Å². The fourth-order valence-electron chi connectivity index (χ4n) is 1.90. The van der Waals surface area contributed by atoms with Gasteiger partial charge in [-0.15, -0.1) is 0 Å². The Morgan fingerprint density at radius 3 is 2.90 bits per heavy atom. The van der Waals surface area contributed by atoms with Gasteiger partial charge in [-0.05, 0) is 19.9 Å². The van der Waals surface area contributed by atoms with Crippen molar-refractivity contribution in [1.29, 1.82) is 0 Å². The van der Waals surface area contributed by atoms with E-state index < -0.39 is 5.60 Å². The summed E-state index contributed by atoms with van der Waals surface area (Å²) in [6.45, 7) is 3.59. The van der Waals surface area contributed by atoms with E-state index in [-0.39, 0.29) is 24.8 Å². The van der Waals surface area contributed by atoms with Crippen molar-refractivity contribution in [2.24, 2.45) is 0 Å². The van der Waals surface area contributed by atoms with Gasteiger partial charge in [-0.1, -0.05) is 0 Å². The largest absolute Gasteiger partial charge is 0.482 e. The molecule has 21 heavy (non-hydrogen) atoms. The number of nitrogen functional groups attached to an aromatic ring is 1. The third kappa shape index (κ3) is 3.63. The lowest BCUT2D eigenvalue weighted by molar-refractivity contribution is -0.121. The van der Waals surface area contributed by atoms with Crippen LogP contribution in [0.4, 0.5) is 17.1 Å². The van der Waals surface area contributed by atoms with E-state index in [2.05, 4.69) is 10.6 Å². The van der Waals surface area contributed by atoms with Crippen molar-refractivity contribution in [2.75, 3.05) is 30.1 Å². The molecular weight excluding hydrogens is 274 g/mol. The molecule has 7 heteroatoms. The quantitative estimate of drug-likeness (QED) is 0.727. The van der Waals surface area contributed by atoms with Gasteiger partial charge < -0.3 is 25.8 Å². The minimum Gasteiger partial charge on any atom is -0.482 e. The highest BCUT2D eigenvalue weighted by Gasteiger charge is 2.23. The summed E-state index contributed by atoms with van der Waals surface area (Å²) in [5.74, 6) is 0.0175. The monoisotopic (exact) mass is 293 g/mol. The van der Waals surface area contributed by atoms with E-state index in [0.29, 0.717) is 22.8 Å². The number of methoxy groups -OCH3 is 1. The molecule has 1 aromatic carbocycles. The van der Waals surface area contributed by atoms with Crippen LogP contribution in [-0.4, -0.2) is 31.1 Å². The first kappa shape index (κ1) is 15.1. The summed E-state index contributed by atoms with van der Waals surface area (Å²) < 4.78 is 10.5. The fourth-order valence-corrected chi connectivity index (χ4v) is 1.90. The molecule has 0 saturated carbocycles. The SMILES string of the molecule is COC(C)(C)CC(=O)Nc1cc2c(cc1N)OCC(=O)N2. The van der Waals surface area contributed by atoms with Crippen LogP contribution in [0.2, 0.25) is 0 Å². The standard InChI is InChI=1S/C14H19N3O4/c1-14(2,20-3)6-12(18)16-9-5-10-11(4-8(9)15)21-7-13(19)17-10/h4-5H,6-7,15H2,1-3H3,(H,16,18)(H,17,19). The second-order valence-corrected chi connectivity index (χ2v) is 5.46. The topological polar surface area (TPSA) is 103 Å². The fraction of sp³-hybridized carbons (Fsp3) is 0.429. The average Bonchev–Trinajstić information content (AvgIpc) is 2.39. The zero-order chi connectivity index (χ0) is 15.6. The molecule has 4 N–H and O–H groups in total. The highest BCUT2D eigenvalue weighted by molar-refractivity contribution is 6.00. The summed E-state index contributed by atoms with van der Waals surface area (Å²) in [7, 11) is 1.55. The van der Waals surface area contributed by atoms with Crippen LogP contribution in [-0.2, 0) is 14.3 Å². The smallest absolute Gasteiger partial charge is 0.262 e. The number of nitrogens with one attached hydrogen (secondary N) is 2. The van der Waals surface area contributed by atoms with Gasteiger partial charge in [0.25, 0.3) is 5.91 Å². The number of hydrogen-bond donors (Lipinski definition) is 3. The van der Waals surface area contributed by atoms with Crippen LogP contribution in [0, 0.1) is 0 Å².